The van der Waals surface area contributed by atoms with Crippen molar-refractivity contribution in [1.29, 1.82) is 0 Å². The first-order chi connectivity index (χ1) is 6.22. The van der Waals surface area contributed by atoms with Crippen LogP contribution in [0.25, 0.3) is 0 Å². The summed E-state index contributed by atoms with van der Waals surface area (Å²) in [5.74, 6) is -0.192. The number of hydrogen-bond donors (Lipinski definition) is 1. The number of carboxylic acid groups (broad SMARTS) is 1. The van der Waals surface area contributed by atoms with Gasteiger partial charge < -0.3 is 14.3 Å². The maximum absolute atomic E-state index is 10.1. The molecule has 0 unspecified atom stereocenters. The van der Waals surface area contributed by atoms with Gasteiger partial charge >= 0.3 is 5.97 Å². The Kier molecular flexibility index (Phi) is 3.39. The van der Waals surface area contributed by atoms with E-state index in [-0.39, 0.29) is 13.2 Å². The molecule has 0 amide bonds. The van der Waals surface area contributed by atoms with E-state index in [0.717, 1.165) is 0 Å². The Hall–Kier alpha value is -1.43. The fraction of sp³-hybridized carbons (Fsp3) is 0.571. The van der Waals surface area contributed by atoms with E-state index in [1.54, 1.807) is 0 Å². The fourth-order valence-electron chi connectivity index (χ4n) is 0.715. The maximum Gasteiger partial charge on any atom is 0.329 e. The van der Waals surface area contributed by atoms with Crippen LogP contribution >= 0.6 is 0 Å². The second-order valence-electron chi connectivity index (χ2n) is 2.33. The number of carbonyl (C=O) groups is 1. The molecular formula is C7H10N2O4. The van der Waals surface area contributed by atoms with E-state index in [1.807, 2.05) is 6.92 Å². The zero-order chi connectivity index (χ0) is 9.68. The molecule has 0 aliphatic carbocycles. The van der Waals surface area contributed by atoms with Gasteiger partial charge in [-0.25, -0.2) is 4.79 Å². The van der Waals surface area contributed by atoms with Gasteiger partial charge in [0.25, 0.3) is 0 Å². The van der Waals surface area contributed by atoms with Crippen LogP contribution in [0.5, 0.6) is 0 Å². The van der Waals surface area contributed by atoms with Crippen LogP contribution in [0.1, 0.15) is 18.7 Å². The van der Waals surface area contributed by atoms with E-state index in [9.17, 15) is 4.79 Å². The average molecular weight is 186 g/mol. The molecule has 1 rings (SSSR count). The Balaban J connectivity index is 2.32. The molecule has 0 spiro atoms. The highest BCUT2D eigenvalue weighted by atomic mass is 16.5. The topological polar surface area (TPSA) is 85.5 Å². The van der Waals surface area contributed by atoms with E-state index >= 15 is 0 Å². The fourth-order valence-corrected chi connectivity index (χ4v) is 0.715. The first kappa shape index (κ1) is 9.66. The van der Waals surface area contributed by atoms with E-state index in [4.69, 9.17) is 14.3 Å². The molecule has 1 heterocycles. The van der Waals surface area contributed by atoms with Crippen LogP contribution in [0, 0.1) is 0 Å². The Labute approximate surface area is 74.5 Å². The van der Waals surface area contributed by atoms with Gasteiger partial charge in [0.1, 0.15) is 13.2 Å². The zero-order valence-corrected chi connectivity index (χ0v) is 7.19. The normalized spacial score (nSPS) is 10.2. The minimum Gasteiger partial charge on any atom is -0.480 e. The first-order valence-electron chi connectivity index (χ1n) is 3.83. The van der Waals surface area contributed by atoms with Gasteiger partial charge in [-0.3, -0.25) is 0 Å². The summed E-state index contributed by atoms with van der Waals surface area (Å²) < 4.78 is 9.82. The summed E-state index contributed by atoms with van der Waals surface area (Å²) >= 11 is 0. The van der Waals surface area contributed by atoms with Gasteiger partial charge in [0.05, 0.1) is 0 Å². The number of nitrogens with zero attached hydrogens (tertiary/aromatic N) is 2. The molecule has 72 valence electrons. The predicted molar refractivity (Wildman–Crippen MR) is 41.0 cm³/mol. The first-order valence-corrected chi connectivity index (χ1v) is 3.83. The molecule has 6 heteroatoms. The molecular weight excluding hydrogens is 176 g/mol. The molecule has 0 fully saturated rings. The van der Waals surface area contributed by atoms with Gasteiger partial charge in [0.2, 0.25) is 11.8 Å². The number of carboxylic acids is 1. The van der Waals surface area contributed by atoms with Crippen molar-refractivity contribution < 1.29 is 19.1 Å². The Morgan fingerprint density at radius 3 is 2.77 bits per heavy atom. The van der Waals surface area contributed by atoms with Crippen LogP contribution in [0.4, 0.5) is 0 Å². The summed E-state index contributed by atoms with van der Waals surface area (Å²) in [6.45, 7) is 1.57. The summed E-state index contributed by atoms with van der Waals surface area (Å²) in [6, 6.07) is 0. The van der Waals surface area contributed by atoms with E-state index in [0.29, 0.717) is 18.2 Å². The van der Waals surface area contributed by atoms with Gasteiger partial charge in [-0.2, -0.15) is 0 Å². The van der Waals surface area contributed by atoms with Crippen molar-refractivity contribution >= 4 is 5.97 Å². The Morgan fingerprint density at radius 2 is 2.23 bits per heavy atom. The minimum absolute atomic E-state index is 0.0410. The van der Waals surface area contributed by atoms with Crippen LogP contribution in [0.2, 0.25) is 0 Å². The molecule has 0 atom stereocenters. The van der Waals surface area contributed by atoms with Crippen molar-refractivity contribution in [2.45, 2.75) is 20.0 Å². The van der Waals surface area contributed by atoms with Gasteiger partial charge in [-0.15, -0.1) is 10.2 Å². The molecule has 0 aromatic carbocycles. The summed E-state index contributed by atoms with van der Waals surface area (Å²) in [6.07, 6.45) is 0.659. The molecule has 0 aliphatic heterocycles. The van der Waals surface area contributed by atoms with Crippen LogP contribution in [-0.4, -0.2) is 27.9 Å². The SMILES string of the molecule is CCc1nnc(COCC(=O)O)o1. The molecule has 1 N–H and O–H groups in total. The lowest BCUT2D eigenvalue weighted by molar-refractivity contribution is -0.142. The largest absolute Gasteiger partial charge is 0.480 e. The van der Waals surface area contributed by atoms with E-state index < -0.39 is 5.97 Å². The lowest BCUT2D eigenvalue weighted by Gasteiger charge is -1.94. The second kappa shape index (κ2) is 4.56. The van der Waals surface area contributed by atoms with Gasteiger partial charge in [0.15, 0.2) is 0 Å². The van der Waals surface area contributed by atoms with Crippen LogP contribution in [0.3, 0.4) is 0 Å². The van der Waals surface area contributed by atoms with Gasteiger partial charge in [0, 0.05) is 6.42 Å². The molecule has 0 saturated heterocycles. The van der Waals surface area contributed by atoms with Crippen LogP contribution in [-0.2, 0) is 22.6 Å². The zero-order valence-electron chi connectivity index (χ0n) is 7.19. The van der Waals surface area contributed by atoms with Crippen molar-refractivity contribution in [3.8, 4) is 0 Å². The predicted octanol–water partition coefficient (Wildman–Crippen LogP) is 0.233. The second-order valence-corrected chi connectivity index (χ2v) is 2.33. The maximum atomic E-state index is 10.1. The summed E-state index contributed by atoms with van der Waals surface area (Å²) in [5, 5.41) is 15.6. The molecule has 0 radical (unpaired) electrons. The lowest BCUT2D eigenvalue weighted by Crippen LogP contribution is -2.06. The molecule has 6 nitrogen and oxygen atoms in total. The van der Waals surface area contributed by atoms with Crippen molar-refractivity contribution in [2.75, 3.05) is 6.61 Å². The number of aliphatic carboxylic acids is 1. The number of aromatic nitrogens is 2. The standard InChI is InChI=1S/C7H10N2O4/c1-2-5-8-9-6(13-5)3-12-4-7(10)11/h2-4H2,1H3,(H,10,11). The van der Waals surface area contributed by atoms with E-state index in [1.165, 1.54) is 0 Å². The molecule has 0 bridgehead atoms. The van der Waals surface area contributed by atoms with Gasteiger partial charge in [-0.05, 0) is 0 Å². The summed E-state index contributed by atoms with van der Waals surface area (Å²) in [4.78, 5) is 10.1. The van der Waals surface area contributed by atoms with E-state index in [2.05, 4.69) is 10.2 Å². The van der Waals surface area contributed by atoms with Crippen LogP contribution < -0.4 is 0 Å². The highest BCUT2D eigenvalue weighted by molar-refractivity contribution is 5.67. The molecule has 1 aromatic rings. The van der Waals surface area contributed by atoms with Crippen molar-refractivity contribution in [3.63, 3.8) is 0 Å². The smallest absolute Gasteiger partial charge is 0.329 e. The highest BCUT2D eigenvalue weighted by Crippen LogP contribution is 2.01. The number of rotatable bonds is 5. The average Bonchev–Trinajstić information content (AvgIpc) is 2.52. The molecule has 0 aliphatic rings. The quantitative estimate of drug-likeness (QED) is 0.708. The number of hydrogen-bond acceptors (Lipinski definition) is 5. The third kappa shape index (κ3) is 3.20. The molecule has 1 aromatic heterocycles. The molecule has 13 heavy (non-hydrogen) atoms. The third-order valence-electron chi connectivity index (χ3n) is 1.26. The van der Waals surface area contributed by atoms with Crippen molar-refractivity contribution in [2.24, 2.45) is 0 Å². The summed E-state index contributed by atoms with van der Waals surface area (Å²) in [7, 11) is 0. The van der Waals surface area contributed by atoms with Crippen LogP contribution in [0.15, 0.2) is 4.42 Å². The van der Waals surface area contributed by atoms with Crippen molar-refractivity contribution in [3.05, 3.63) is 11.8 Å². The number of ether oxygens (including phenoxy) is 1. The van der Waals surface area contributed by atoms with Crippen molar-refractivity contribution in [1.82, 2.24) is 10.2 Å². The lowest BCUT2D eigenvalue weighted by atomic mass is 10.5. The summed E-state index contributed by atoms with van der Waals surface area (Å²) in [5.41, 5.74) is 0. The third-order valence-corrected chi connectivity index (χ3v) is 1.26. The Bertz CT molecular complexity index is 284. The monoisotopic (exact) mass is 186 g/mol. The minimum atomic E-state index is -1.02. The number of aryl methyl sites for hydroxylation is 1. The van der Waals surface area contributed by atoms with Gasteiger partial charge in [-0.1, -0.05) is 6.92 Å². The Morgan fingerprint density at radius 1 is 1.54 bits per heavy atom. The molecule has 0 saturated carbocycles. The highest BCUT2D eigenvalue weighted by Gasteiger charge is 2.04.